The van der Waals surface area contributed by atoms with Gasteiger partial charge in [-0.3, -0.25) is 14.4 Å². The number of hydrogen-bond donors (Lipinski definition) is 3. The van der Waals surface area contributed by atoms with E-state index in [-0.39, 0.29) is 11.6 Å². The molecule has 1 aliphatic rings. The lowest BCUT2D eigenvalue weighted by molar-refractivity contribution is -0.116. The average Bonchev–Trinajstić information content (AvgIpc) is 3.52. The number of nitrogens with one attached hydrogen (secondary N) is 3. The molecule has 0 spiro atoms. The number of thioether (sulfide) groups is 1. The second kappa shape index (κ2) is 16.7. The van der Waals surface area contributed by atoms with Crippen molar-refractivity contribution in [2.45, 2.75) is 35.8 Å². The lowest BCUT2D eigenvalue weighted by atomic mass is 9.95. The Labute approximate surface area is 309 Å². The van der Waals surface area contributed by atoms with Crippen molar-refractivity contribution in [2.75, 3.05) is 17.7 Å². The molecule has 0 saturated heterocycles. The van der Waals surface area contributed by atoms with Crippen LogP contribution in [0.5, 0.6) is 0 Å². The van der Waals surface area contributed by atoms with E-state index in [1.54, 1.807) is 78.9 Å². The minimum absolute atomic E-state index is 0.0332. The standard InChI is InChI=1S/C40H34ClN3O5S2/c1-49-40(48)34-31-17-8-9-18-33(31)51-39(34)44-38(47)35(26-11-4-2-5-12-26)50-30-16-10-15-29(24-30)42-37(46)32(23-25-19-21-28(41)22-20-25)43-36(45)27-13-6-3-7-14-27/h2-7,10-16,19-24,35H,8-9,17-18H2,1H3,(H,42,46)(H,43,45)(H,44,47)/b32-23-. The van der Waals surface area contributed by atoms with Crippen LogP contribution in [0.3, 0.4) is 0 Å². The van der Waals surface area contributed by atoms with Crippen LogP contribution in [0.2, 0.25) is 5.02 Å². The summed E-state index contributed by atoms with van der Waals surface area (Å²) in [6.07, 6.45) is 5.23. The molecule has 1 unspecified atom stereocenters. The van der Waals surface area contributed by atoms with Gasteiger partial charge in [0.15, 0.2) is 0 Å². The highest BCUT2D eigenvalue weighted by Crippen LogP contribution is 2.41. The first-order chi connectivity index (χ1) is 24.8. The zero-order valence-corrected chi connectivity index (χ0v) is 30.0. The summed E-state index contributed by atoms with van der Waals surface area (Å²) in [6, 6.07) is 32.0. The van der Waals surface area contributed by atoms with Crippen LogP contribution in [0.1, 0.15) is 60.4 Å². The smallest absolute Gasteiger partial charge is 0.341 e. The van der Waals surface area contributed by atoms with Crippen molar-refractivity contribution in [3.8, 4) is 0 Å². The Morgan fingerprint density at radius 2 is 1.55 bits per heavy atom. The van der Waals surface area contributed by atoms with Gasteiger partial charge in [-0.15, -0.1) is 23.1 Å². The molecule has 8 nitrogen and oxygen atoms in total. The van der Waals surface area contributed by atoms with Gasteiger partial charge in [0.05, 0.1) is 12.7 Å². The van der Waals surface area contributed by atoms with Crippen molar-refractivity contribution in [1.29, 1.82) is 0 Å². The summed E-state index contributed by atoms with van der Waals surface area (Å²) in [5, 5.41) is 9.05. The minimum Gasteiger partial charge on any atom is -0.465 e. The number of halogens is 1. The lowest BCUT2D eigenvalue weighted by Crippen LogP contribution is -2.30. The Kier molecular flexibility index (Phi) is 11.7. The third kappa shape index (κ3) is 8.96. The van der Waals surface area contributed by atoms with Crippen molar-refractivity contribution in [3.63, 3.8) is 0 Å². The highest BCUT2D eigenvalue weighted by Gasteiger charge is 2.30. The number of hydrogen-bond acceptors (Lipinski definition) is 7. The Bertz CT molecular complexity index is 2080. The van der Waals surface area contributed by atoms with E-state index in [0.29, 0.717) is 37.3 Å². The van der Waals surface area contributed by atoms with Crippen LogP contribution in [-0.2, 0) is 27.2 Å². The number of thiophene rings is 1. The summed E-state index contributed by atoms with van der Waals surface area (Å²) in [4.78, 5) is 55.5. The third-order valence-electron chi connectivity index (χ3n) is 8.19. The number of rotatable bonds is 11. The van der Waals surface area contributed by atoms with Gasteiger partial charge in [-0.05, 0) is 90.9 Å². The van der Waals surface area contributed by atoms with Crippen LogP contribution < -0.4 is 16.0 Å². The molecule has 1 aliphatic carbocycles. The fraction of sp³-hybridized carbons (Fsp3) is 0.150. The molecule has 3 amide bonds. The molecule has 11 heteroatoms. The first-order valence-corrected chi connectivity index (χ1v) is 18.4. The molecule has 0 aliphatic heterocycles. The van der Waals surface area contributed by atoms with Gasteiger partial charge >= 0.3 is 5.97 Å². The predicted octanol–water partition coefficient (Wildman–Crippen LogP) is 8.95. The number of esters is 1. The van der Waals surface area contributed by atoms with Crippen molar-refractivity contribution in [2.24, 2.45) is 0 Å². The Morgan fingerprint density at radius 3 is 2.27 bits per heavy atom. The highest BCUT2D eigenvalue weighted by molar-refractivity contribution is 8.00. The van der Waals surface area contributed by atoms with Crippen LogP contribution in [0, 0.1) is 0 Å². The van der Waals surface area contributed by atoms with Crippen LogP contribution in [0.15, 0.2) is 120 Å². The highest BCUT2D eigenvalue weighted by atomic mass is 35.5. The van der Waals surface area contributed by atoms with Gasteiger partial charge in [0.25, 0.3) is 11.8 Å². The zero-order chi connectivity index (χ0) is 35.7. The first-order valence-electron chi connectivity index (χ1n) is 16.3. The normalized spacial score (nSPS) is 13.0. The van der Waals surface area contributed by atoms with Gasteiger partial charge < -0.3 is 20.7 Å². The molecule has 6 rings (SSSR count). The van der Waals surface area contributed by atoms with E-state index in [0.717, 1.165) is 41.7 Å². The molecule has 1 aromatic heterocycles. The number of fused-ring (bicyclic) bond motifs is 1. The zero-order valence-electron chi connectivity index (χ0n) is 27.6. The molecular weight excluding hydrogens is 702 g/mol. The maximum Gasteiger partial charge on any atom is 0.341 e. The molecule has 1 heterocycles. The second-order valence-corrected chi connectivity index (χ2v) is 14.4. The Hall–Kier alpha value is -5.16. The summed E-state index contributed by atoms with van der Waals surface area (Å²) in [6.45, 7) is 0. The fourth-order valence-corrected chi connectivity index (χ4v) is 8.19. The van der Waals surface area contributed by atoms with E-state index in [9.17, 15) is 19.2 Å². The SMILES string of the molecule is COC(=O)c1c(NC(=O)C(Sc2cccc(NC(=O)/C(=C/c3ccc(Cl)cc3)NC(=O)c3ccccc3)c2)c2ccccc2)sc2c1CCCC2. The first kappa shape index (κ1) is 35.7. The van der Waals surface area contributed by atoms with Crippen LogP contribution >= 0.6 is 34.7 Å². The summed E-state index contributed by atoms with van der Waals surface area (Å²) in [7, 11) is 1.35. The molecule has 3 N–H and O–H groups in total. The molecule has 0 saturated carbocycles. The summed E-state index contributed by atoms with van der Waals surface area (Å²) >= 11 is 8.82. The molecular formula is C40H34ClN3O5S2. The number of carbonyl (C=O) groups excluding carboxylic acids is 4. The molecule has 5 aromatic rings. The number of aryl methyl sites for hydroxylation is 1. The van der Waals surface area contributed by atoms with Gasteiger partial charge in [-0.2, -0.15) is 0 Å². The molecule has 51 heavy (non-hydrogen) atoms. The van der Waals surface area contributed by atoms with E-state index in [2.05, 4.69) is 16.0 Å². The van der Waals surface area contributed by atoms with Crippen molar-refractivity contribution in [1.82, 2.24) is 5.32 Å². The van der Waals surface area contributed by atoms with Gasteiger partial charge in [-0.25, -0.2) is 4.79 Å². The molecule has 0 radical (unpaired) electrons. The number of anilines is 2. The van der Waals surface area contributed by atoms with E-state index in [1.807, 2.05) is 36.4 Å². The lowest BCUT2D eigenvalue weighted by Gasteiger charge is -2.18. The third-order valence-corrected chi connectivity index (χ3v) is 10.9. The topological polar surface area (TPSA) is 114 Å². The molecule has 258 valence electrons. The maximum absolute atomic E-state index is 14.1. The maximum atomic E-state index is 14.1. The number of carbonyl (C=O) groups is 4. The number of ether oxygens (including phenoxy) is 1. The van der Waals surface area contributed by atoms with Gasteiger partial charge in [0, 0.05) is 26.0 Å². The number of amides is 3. The van der Waals surface area contributed by atoms with E-state index < -0.39 is 23.0 Å². The van der Waals surface area contributed by atoms with E-state index >= 15 is 0 Å². The van der Waals surface area contributed by atoms with Crippen molar-refractivity contribution >= 4 is 75.2 Å². The van der Waals surface area contributed by atoms with Crippen LogP contribution in [0.4, 0.5) is 10.7 Å². The molecule has 0 bridgehead atoms. The summed E-state index contributed by atoms with van der Waals surface area (Å²) in [5.41, 5.74) is 3.74. The Balaban J connectivity index is 1.24. The van der Waals surface area contributed by atoms with Gasteiger partial charge in [0.1, 0.15) is 15.9 Å². The number of benzene rings is 4. The minimum atomic E-state index is -0.688. The molecule has 1 atom stereocenters. The van der Waals surface area contributed by atoms with Crippen LogP contribution in [-0.4, -0.2) is 30.8 Å². The summed E-state index contributed by atoms with van der Waals surface area (Å²) < 4.78 is 5.11. The second-order valence-electron chi connectivity index (χ2n) is 11.7. The van der Waals surface area contributed by atoms with Crippen LogP contribution in [0.25, 0.3) is 6.08 Å². The molecule has 4 aromatic carbocycles. The summed E-state index contributed by atoms with van der Waals surface area (Å²) in [5.74, 6) is -1.72. The number of methoxy groups -OCH3 is 1. The van der Waals surface area contributed by atoms with E-state index in [1.165, 1.54) is 30.2 Å². The van der Waals surface area contributed by atoms with Gasteiger partial charge in [0.2, 0.25) is 5.91 Å². The monoisotopic (exact) mass is 735 g/mol. The van der Waals surface area contributed by atoms with Crippen molar-refractivity contribution < 1.29 is 23.9 Å². The molecule has 0 fully saturated rings. The van der Waals surface area contributed by atoms with Gasteiger partial charge in [-0.1, -0.05) is 78.3 Å². The predicted molar refractivity (Wildman–Crippen MR) is 204 cm³/mol. The fourth-order valence-electron chi connectivity index (χ4n) is 5.70. The van der Waals surface area contributed by atoms with E-state index in [4.69, 9.17) is 16.3 Å². The quantitative estimate of drug-likeness (QED) is 0.0709. The Morgan fingerprint density at radius 1 is 0.843 bits per heavy atom. The largest absolute Gasteiger partial charge is 0.465 e. The average molecular weight is 736 g/mol. The van der Waals surface area contributed by atoms with Crippen molar-refractivity contribution in [3.05, 3.63) is 153 Å².